The number of anilines is 2. The van der Waals surface area contributed by atoms with Gasteiger partial charge in [0.1, 0.15) is 29.4 Å². The van der Waals surface area contributed by atoms with Crippen LogP contribution in [0.5, 0.6) is 5.75 Å². The molecule has 0 unspecified atom stereocenters. The van der Waals surface area contributed by atoms with Crippen molar-refractivity contribution >= 4 is 17.4 Å². The molecule has 1 amide bonds. The fourth-order valence-corrected chi connectivity index (χ4v) is 2.60. The van der Waals surface area contributed by atoms with Crippen molar-refractivity contribution in [1.82, 2.24) is 9.97 Å². The van der Waals surface area contributed by atoms with E-state index in [4.69, 9.17) is 4.74 Å². The normalized spacial score (nSPS) is 10.4. The van der Waals surface area contributed by atoms with Crippen LogP contribution in [0.3, 0.4) is 0 Å². The first kappa shape index (κ1) is 19.3. The predicted octanol–water partition coefficient (Wildman–Crippen LogP) is 3.92. The highest BCUT2D eigenvalue weighted by Crippen LogP contribution is 2.24. The molecule has 6 nitrogen and oxygen atoms in total. The number of nitrogens with one attached hydrogen (secondary N) is 2. The van der Waals surface area contributed by atoms with Gasteiger partial charge in [-0.05, 0) is 43.2 Å². The van der Waals surface area contributed by atoms with E-state index in [0.29, 0.717) is 36.8 Å². The Balaban J connectivity index is 1.61. The van der Waals surface area contributed by atoms with Crippen molar-refractivity contribution in [3.8, 4) is 5.75 Å². The maximum Gasteiger partial charge on any atom is 0.274 e. The standard InChI is InChI=1S/C21H21FN4O2/c1-2-28-19-6-4-3-5-17(19)26-21(27)18-13-20(25-14-24-18)23-12-11-15-7-9-16(22)10-8-15/h3-10,13-14H,2,11-12H2,1H3,(H,26,27)(H,23,24,25). The largest absolute Gasteiger partial charge is 0.492 e. The number of para-hydroxylation sites is 2. The van der Waals surface area contributed by atoms with Gasteiger partial charge in [-0.15, -0.1) is 0 Å². The van der Waals surface area contributed by atoms with Crippen molar-refractivity contribution in [2.75, 3.05) is 23.8 Å². The number of nitrogens with zero attached hydrogens (tertiary/aromatic N) is 2. The van der Waals surface area contributed by atoms with Crippen molar-refractivity contribution in [3.63, 3.8) is 0 Å². The molecular weight excluding hydrogens is 359 g/mol. The Hall–Kier alpha value is -3.48. The zero-order valence-corrected chi connectivity index (χ0v) is 15.5. The number of carbonyl (C=O) groups excluding carboxylic acids is 1. The molecule has 0 radical (unpaired) electrons. The van der Waals surface area contributed by atoms with Gasteiger partial charge in [0.2, 0.25) is 0 Å². The number of hydrogen-bond donors (Lipinski definition) is 2. The first-order valence-corrected chi connectivity index (χ1v) is 8.99. The zero-order valence-electron chi connectivity index (χ0n) is 15.5. The lowest BCUT2D eigenvalue weighted by Gasteiger charge is -2.11. The molecule has 1 heterocycles. The van der Waals surface area contributed by atoms with E-state index in [1.165, 1.54) is 18.5 Å². The molecule has 0 fully saturated rings. The van der Waals surface area contributed by atoms with Crippen LogP contribution < -0.4 is 15.4 Å². The maximum absolute atomic E-state index is 12.9. The summed E-state index contributed by atoms with van der Waals surface area (Å²) in [6.45, 7) is 2.98. The van der Waals surface area contributed by atoms with Crippen LogP contribution in [0.2, 0.25) is 0 Å². The van der Waals surface area contributed by atoms with E-state index in [2.05, 4.69) is 20.6 Å². The highest BCUT2D eigenvalue weighted by Gasteiger charge is 2.12. The van der Waals surface area contributed by atoms with Crippen LogP contribution in [-0.2, 0) is 6.42 Å². The Kier molecular flexibility index (Phi) is 6.51. The van der Waals surface area contributed by atoms with Gasteiger partial charge < -0.3 is 15.4 Å². The molecule has 0 spiro atoms. The van der Waals surface area contributed by atoms with Crippen LogP contribution in [0.1, 0.15) is 23.0 Å². The van der Waals surface area contributed by atoms with Gasteiger partial charge >= 0.3 is 0 Å². The number of aromatic nitrogens is 2. The third-order valence-electron chi connectivity index (χ3n) is 3.97. The molecule has 0 bridgehead atoms. The first-order valence-electron chi connectivity index (χ1n) is 8.99. The van der Waals surface area contributed by atoms with Gasteiger partial charge in [0.15, 0.2) is 0 Å². The second-order valence-electron chi connectivity index (χ2n) is 5.98. The Labute approximate surface area is 162 Å². The molecule has 0 aliphatic carbocycles. The van der Waals surface area contributed by atoms with Gasteiger partial charge in [-0.2, -0.15) is 0 Å². The van der Waals surface area contributed by atoms with Gasteiger partial charge in [0.25, 0.3) is 5.91 Å². The summed E-state index contributed by atoms with van der Waals surface area (Å²) < 4.78 is 18.5. The molecule has 2 N–H and O–H groups in total. The van der Waals surface area contributed by atoms with Crippen LogP contribution in [-0.4, -0.2) is 29.0 Å². The second-order valence-corrected chi connectivity index (χ2v) is 5.98. The van der Waals surface area contributed by atoms with Crippen molar-refractivity contribution in [3.05, 3.63) is 78.0 Å². The van der Waals surface area contributed by atoms with E-state index in [0.717, 1.165) is 5.56 Å². The van der Waals surface area contributed by atoms with Crippen molar-refractivity contribution in [2.24, 2.45) is 0 Å². The van der Waals surface area contributed by atoms with E-state index in [-0.39, 0.29) is 17.4 Å². The predicted molar refractivity (Wildman–Crippen MR) is 106 cm³/mol. The van der Waals surface area contributed by atoms with Crippen LogP contribution in [0.25, 0.3) is 0 Å². The molecule has 0 atom stereocenters. The topological polar surface area (TPSA) is 76.1 Å². The molecule has 0 saturated heterocycles. The van der Waals surface area contributed by atoms with Crippen molar-refractivity contribution < 1.29 is 13.9 Å². The molecule has 28 heavy (non-hydrogen) atoms. The SMILES string of the molecule is CCOc1ccccc1NC(=O)c1cc(NCCc2ccc(F)cc2)ncn1. The number of carbonyl (C=O) groups is 1. The summed E-state index contributed by atoms with van der Waals surface area (Å²) in [4.78, 5) is 20.7. The third kappa shape index (κ3) is 5.26. The Morgan fingerprint density at radius 2 is 1.89 bits per heavy atom. The Bertz CT molecular complexity index is 932. The minimum Gasteiger partial charge on any atom is -0.492 e. The first-order chi connectivity index (χ1) is 13.7. The average molecular weight is 380 g/mol. The van der Waals surface area contributed by atoms with Crippen molar-refractivity contribution in [1.29, 1.82) is 0 Å². The quantitative estimate of drug-likeness (QED) is 0.619. The van der Waals surface area contributed by atoms with Crippen LogP contribution in [0.4, 0.5) is 15.9 Å². The minimum atomic E-state index is -0.351. The zero-order chi connectivity index (χ0) is 19.8. The lowest BCUT2D eigenvalue weighted by Crippen LogP contribution is -2.16. The summed E-state index contributed by atoms with van der Waals surface area (Å²) in [5.41, 5.74) is 1.83. The number of hydrogen-bond acceptors (Lipinski definition) is 5. The fourth-order valence-electron chi connectivity index (χ4n) is 2.60. The monoisotopic (exact) mass is 380 g/mol. The Morgan fingerprint density at radius 3 is 2.68 bits per heavy atom. The third-order valence-corrected chi connectivity index (χ3v) is 3.97. The average Bonchev–Trinajstić information content (AvgIpc) is 2.71. The highest BCUT2D eigenvalue weighted by molar-refractivity contribution is 6.04. The summed E-state index contributed by atoms with van der Waals surface area (Å²) in [6.07, 6.45) is 2.04. The molecule has 0 saturated carbocycles. The molecule has 7 heteroatoms. The Morgan fingerprint density at radius 1 is 1.11 bits per heavy atom. The number of ether oxygens (including phenoxy) is 1. The minimum absolute atomic E-state index is 0.241. The number of amides is 1. The lowest BCUT2D eigenvalue weighted by atomic mass is 10.1. The molecule has 3 rings (SSSR count). The molecule has 0 aliphatic heterocycles. The molecule has 1 aromatic heterocycles. The fraction of sp³-hybridized carbons (Fsp3) is 0.190. The summed E-state index contributed by atoms with van der Waals surface area (Å²) in [7, 11) is 0. The summed E-state index contributed by atoms with van der Waals surface area (Å²) in [6, 6.07) is 15.2. The van der Waals surface area contributed by atoms with Gasteiger partial charge in [-0.1, -0.05) is 24.3 Å². The van der Waals surface area contributed by atoms with Gasteiger partial charge in [-0.3, -0.25) is 4.79 Å². The maximum atomic E-state index is 12.9. The molecule has 0 aliphatic rings. The summed E-state index contributed by atoms with van der Waals surface area (Å²) in [5, 5.41) is 5.96. The molecule has 2 aromatic carbocycles. The van der Waals surface area contributed by atoms with Crippen molar-refractivity contribution in [2.45, 2.75) is 13.3 Å². The molecule has 144 valence electrons. The van der Waals surface area contributed by atoms with Crippen LogP contribution in [0.15, 0.2) is 60.9 Å². The smallest absolute Gasteiger partial charge is 0.274 e. The molecule has 3 aromatic rings. The van der Waals surface area contributed by atoms with E-state index in [9.17, 15) is 9.18 Å². The number of rotatable bonds is 8. The van der Waals surface area contributed by atoms with Gasteiger partial charge in [0, 0.05) is 12.6 Å². The summed E-state index contributed by atoms with van der Waals surface area (Å²) in [5.74, 6) is 0.538. The number of halogens is 1. The highest BCUT2D eigenvalue weighted by atomic mass is 19.1. The second kappa shape index (κ2) is 9.45. The van der Waals surface area contributed by atoms with E-state index < -0.39 is 0 Å². The van der Waals surface area contributed by atoms with Gasteiger partial charge in [-0.25, -0.2) is 14.4 Å². The lowest BCUT2D eigenvalue weighted by molar-refractivity contribution is 0.102. The molecular formula is C21H21FN4O2. The van der Waals surface area contributed by atoms with E-state index >= 15 is 0 Å². The van der Waals surface area contributed by atoms with E-state index in [1.54, 1.807) is 30.3 Å². The van der Waals surface area contributed by atoms with Gasteiger partial charge in [0.05, 0.1) is 12.3 Å². The van der Waals surface area contributed by atoms with E-state index in [1.807, 2.05) is 19.1 Å². The van der Waals surface area contributed by atoms with Crippen LogP contribution in [0, 0.1) is 5.82 Å². The van der Waals surface area contributed by atoms with Crippen LogP contribution >= 0.6 is 0 Å². The number of benzene rings is 2. The summed E-state index contributed by atoms with van der Waals surface area (Å²) >= 11 is 0.